The van der Waals surface area contributed by atoms with Gasteiger partial charge in [-0.25, -0.2) is 0 Å². The first-order chi connectivity index (χ1) is 6.24. The zero-order valence-corrected chi connectivity index (χ0v) is 9.17. The van der Waals surface area contributed by atoms with E-state index < -0.39 is 0 Å². The third-order valence-electron chi connectivity index (χ3n) is 1.71. The van der Waals surface area contributed by atoms with Crippen molar-refractivity contribution in [1.82, 2.24) is 0 Å². The van der Waals surface area contributed by atoms with Gasteiger partial charge in [0.2, 0.25) is 0 Å². The molecule has 2 nitrogen and oxygen atoms in total. The summed E-state index contributed by atoms with van der Waals surface area (Å²) in [5, 5.41) is 8.58. The Balaban J connectivity index is 2.59. The molecule has 0 radical (unpaired) electrons. The molecule has 0 fully saturated rings. The molecule has 1 rings (SSSR count). The zero-order chi connectivity index (χ0) is 9.68. The van der Waals surface area contributed by atoms with E-state index in [1.54, 1.807) is 0 Å². The van der Waals surface area contributed by atoms with Gasteiger partial charge >= 0.3 is 0 Å². The smallest absolute Gasteiger partial charge is 0.123 e. The van der Waals surface area contributed by atoms with Gasteiger partial charge in [-0.15, -0.1) is 0 Å². The van der Waals surface area contributed by atoms with Crippen molar-refractivity contribution < 1.29 is 9.84 Å². The number of halogens is 1. The van der Waals surface area contributed by atoms with Gasteiger partial charge < -0.3 is 9.84 Å². The van der Waals surface area contributed by atoms with Crippen LogP contribution in [0.5, 0.6) is 5.75 Å². The predicted molar refractivity (Wildman–Crippen MR) is 56.1 cm³/mol. The number of benzene rings is 1. The van der Waals surface area contributed by atoms with E-state index in [1.165, 1.54) is 0 Å². The minimum Gasteiger partial charge on any atom is -0.493 e. The summed E-state index contributed by atoms with van der Waals surface area (Å²) in [6.45, 7) is 2.74. The second-order valence-corrected chi connectivity index (χ2v) is 3.75. The quantitative estimate of drug-likeness (QED) is 0.826. The first-order valence-corrected chi connectivity index (χ1v) is 5.03. The lowest BCUT2D eigenvalue weighted by atomic mass is 10.2. The van der Waals surface area contributed by atoms with E-state index in [1.807, 2.05) is 25.1 Å². The van der Waals surface area contributed by atoms with Gasteiger partial charge in [-0.2, -0.15) is 0 Å². The lowest BCUT2D eigenvalue weighted by Crippen LogP contribution is -2.00. The predicted octanol–water partition coefficient (Wildman–Crippen LogP) is 2.52. The van der Waals surface area contributed by atoms with Crippen molar-refractivity contribution in [3.8, 4) is 5.75 Å². The summed E-state index contributed by atoms with van der Waals surface area (Å²) < 4.78 is 6.48. The van der Waals surface area contributed by atoms with Gasteiger partial charge in [0.1, 0.15) is 5.75 Å². The molecule has 0 saturated carbocycles. The third-order valence-corrected chi connectivity index (χ3v) is 2.20. The number of ether oxygens (including phenoxy) is 1. The largest absolute Gasteiger partial charge is 0.493 e. The fourth-order valence-corrected chi connectivity index (χ4v) is 1.32. The van der Waals surface area contributed by atoms with Gasteiger partial charge in [0.05, 0.1) is 6.61 Å². The van der Waals surface area contributed by atoms with Crippen molar-refractivity contribution in [2.24, 2.45) is 0 Å². The van der Waals surface area contributed by atoms with E-state index in [0.717, 1.165) is 15.8 Å². The van der Waals surface area contributed by atoms with Gasteiger partial charge in [-0.05, 0) is 24.6 Å². The lowest BCUT2D eigenvalue weighted by molar-refractivity contribution is 0.233. The van der Waals surface area contributed by atoms with E-state index in [0.29, 0.717) is 13.0 Å². The Hall–Kier alpha value is -0.540. The maximum absolute atomic E-state index is 8.58. The topological polar surface area (TPSA) is 29.5 Å². The Morgan fingerprint density at radius 1 is 1.46 bits per heavy atom. The molecule has 1 aromatic rings. The molecule has 0 heterocycles. The van der Waals surface area contributed by atoms with Crippen molar-refractivity contribution in [2.45, 2.75) is 13.3 Å². The Bertz CT molecular complexity index is 274. The van der Waals surface area contributed by atoms with E-state index in [4.69, 9.17) is 9.84 Å². The number of aliphatic hydroxyl groups excluding tert-OH is 1. The number of hydrogen-bond donors (Lipinski definition) is 1. The summed E-state index contributed by atoms with van der Waals surface area (Å²) in [4.78, 5) is 0. The highest BCUT2D eigenvalue weighted by Crippen LogP contribution is 2.22. The van der Waals surface area contributed by atoms with Gasteiger partial charge in [-0.3, -0.25) is 0 Å². The van der Waals surface area contributed by atoms with Gasteiger partial charge in [-0.1, -0.05) is 22.0 Å². The molecule has 0 amide bonds. The molecule has 0 aromatic heterocycles. The highest BCUT2D eigenvalue weighted by molar-refractivity contribution is 9.10. The SMILES string of the molecule is Cc1ccc(Br)cc1OCCCO. The summed E-state index contributed by atoms with van der Waals surface area (Å²) in [5.41, 5.74) is 1.11. The summed E-state index contributed by atoms with van der Waals surface area (Å²) >= 11 is 3.38. The number of aryl methyl sites for hydroxylation is 1. The van der Waals surface area contributed by atoms with Gasteiger partial charge in [0.25, 0.3) is 0 Å². The fraction of sp³-hybridized carbons (Fsp3) is 0.400. The molecule has 0 bridgehead atoms. The Morgan fingerprint density at radius 3 is 2.92 bits per heavy atom. The molecule has 0 aliphatic heterocycles. The van der Waals surface area contributed by atoms with Crippen molar-refractivity contribution in [1.29, 1.82) is 0 Å². The van der Waals surface area contributed by atoms with E-state index in [-0.39, 0.29) is 6.61 Å². The van der Waals surface area contributed by atoms with Crippen LogP contribution in [0.15, 0.2) is 22.7 Å². The second kappa shape index (κ2) is 5.25. The number of rotatable bonds is 4. The van der Waals surface area contributed by atoms with Crippen LogP contribution in [-0.2, 0) is 0 Å². The molecular weight excluding hydrogens is 232 g/mol. The van der Waals surface area contributed by atoms with E-state index in [9.17, 15) is 0 Å². The van der Waals surface area contributed by atoms with Crippen LogP contribution in [0.25, 0.3) is 0 Å². The average molecular weight is 245 g/mol. The van der Waals surface area contributed by atoms with Crippen LogP contribution >= 0.6 is 15.9 Å². The van der Waals surface area contributed by atoms with Crippen molar-refractivity contribution in [2.75, 3.05) is 13.2 Å². The molecule has 0 aliphatic carbocycles. The molecule has 0 atom stereocenters. The zero-order valence-electron chi connectivity index (χ0n) is 7.59. The van der Waals surface area contributed by atoms with Crippen LogP contribution in [0.1, 0.15) is 12.0 Å². The molecule has 1 N–H and O–H groups in total. The van der Waals surface area contributed by atoms with Crippen molar-refractivity contribution >= 4 is 15.9 Å². The van der Waals surface area contributed by atoms with Crippen LogP contribution in [0.4, 0.5) is 0 Å². The van der Waals surface area contributed by atoms with Crippen LogP contribution in [0.2, 0.25) is 0 Å². The highest BCUT2D eigenvalue weighted by Gasteiger charge is 1.99. The maximum atomic E-state index is 8.58. The summed E-state index contributed by atoms with van der Waals surface area (Å²) in [6.07, 6.45) is 0.673. The van der Waals surface area contributed by atoms with Crippen LogP contribution in [0, 0.1) is 6.92 Å². The van der Waals surface area contributed by atoms with Crippen LogP contribution in [0.3, 0.4) is 0 Å². The third kappa shape index (κ3) is 3.36. The molecule has 13 heavy (non-hydrogen) atoms. The molecule has 1 aromatic carbocycles. The molecule has 3 heteroatoms. The standard InChI is InChI=1S/C10H13BrO2/c1-8-3-4-9(11)7-10(8)13-6-2-5-12/h3-4,7,12H,2,5-6H2,1H3. The van der Waals surface area contributed by atoms with E-state index >= 15 is 0 Å². The highest BCUT2D eigenvalue weighted by atomic mass is 79.9. The van der Waals surface area contributed by atoms with Crippen molar-refractivity contribution in [3.05, 3.63) is 28.2 Å². The molecule has 0 saturated heterocycles. The number of hydrogen-bond acceptors (Lipinski definition) is 2. The minimum atomic E-state index is 0.174. The van der Waals surface area contributed by atoms with Crippen LogP contribution < -0.4 is 4.74 Å². The van der Waals surface area contributed by atoms with Crippen molar-refractivity contribution in [3.63, 3.8) is 0 Å². The first kappa shape index (κ1) is 10.5. The summed E-state index contributed by atoms with van der Waals surface area (Å²) in [5.74, 6) is 0.878. The summed E-state index contributed by atoms with van der Waals surface area (Å²) in [6, 6.07) is 5.92. The minimum absolute atomic E-state index is 0.174. The maximum Gasteiger partial charge on any atom is 0.123 e. The Labute approximate surface area is 86.7 Å². The summed E-state index contributed by atoms with van der Waals surface area (Å²) in [7, 11) is 0. The Morgan fingerprint density at radius 2 is 2.23 bits per heavy atom. The molecule has 0 unspecified atom stereocenters. The Kier molecular flexibility index (Phi) is 4.25. The molecular formula is C10H13BrO2. The van der Waals surface area contributed by atoms with Crippen LogP contribution in [-0.4, -0.2) is 18.3 Å². The monoisotopic (exact) mass is 244 g/mol. The fourth-order valence-electron chi connectivity index (χ4n) is 0.976. The lowest BCUT2D eigenvalue weighted by Gasteiger charge is -2.08. The molecule has 0 aliphatic rings. The normalized spacial score (nSPS) is 10.1. The second-order valence-electron chi connectivity index (χ2n) is 2.84. The number of aliphatic hydroxyl groups is 1. The van der Waals surface area contributed by atoms with E-state index in [2.05, 4.69) is 15.9 Å². The van der Waals surface area contributed by atoms with Gasteiger partial charge in [0, 0.05) is 17.5 Å². The molecule has 0 spiro atoms. The molecule has 72 valence electrons. The first-order valence-electron chi connectivity index (χ1n) is 4.24. The van der Waals surface area contributed by atoms with Gasteiger partial charge in [0.15, 0.2) is 0 Å². The average Bonchev–Trinajstić information content (AvgIpc) is 2.11.